The lowest BCUT2D eigenvalue weighted by molar-refractivity contribution is 0.262. The number of hydrogen-bond acceptors (Lipinski definition) is 5. The zero-order valence-corrected chi connectivity index (χ0v) is 20.3. The summed E-state index contributed by atoms with van der Waals surface area (Å²) in [5.41, 5.74) is 4.83. The van der Waals surface area contributed by atoms with Crippen molar-refractivity contribution < 1.29 is 4.79 Å². The van der Waals surface area contributed by atoms with E-state index in [0.717, 1.165) is 72.9 Å². The van der Waals surface area contributed by atoms with E-state index in [9.17, 15) is 4.79 Å². The Balaban J connectivity index is 1.15. The minimum atomic E-state index is -0.222. The Kier molecular flexibility index (Phi) is 6.15. The summed E-state index contributed by atoms with van der Waals surface area (Å²) >= 11 is 0. The molecule has 3 N–H and O–H groups in total. The molecule has 2 aliphatic heterocycles. The Bertz CT molecular complexity index is 1360. The number of para-hydroxylation sites is 2. The summed E-state index contributed by atoms with van der Waals surface area (Å²) in [6, 6.07) is 18.1. The molecular weight excluding hydrogens is 450 g/mol. The van der Waals surface area contributed by atoms with Crippen LogP contribution in [0, 0.1) is 0 Å². The molecule has 2 aliphatic rings. The van der Waals surface area contributed by atoms with Crippen LogP contribution in [-0.4, -0.2) is 47.2 Å². The molecule has 8 nitrogen and oxygen atoms in total. The van der Waals surface area contributed by atoms with Crippen LogP contribution in [0.2, 0.25) is 0 Å². The number of piperidine rings is 1. The second-order valence-electron chi connectivity index (χ2n) is 9.64. The summed E-state index contributed by atoms with van der Waals surface area (Å²) in [5.74, 6) is 1.35. The van der Waals surface area contributed by atoms with Crippen molar-refractivity contribution in [2.45, 2.75) is 31.6 Å². The Labute approximate surface area is 210 Å². The molecule has 0 spiro atoms. The highest BCUT2D eigenvalue weighted by atomic mass is 16.2. The molecule has 2 fully saturated rings. The minimum Gasteiger partial charge on any atom is -0.370 e. The van der Waals surface area contributed by atoms with E-state index in [1.54, 1.807) is 6.33 Å². The molecule has 6 rings (SSSR count). The Morgan fingerprint density at radius 2 is 1.78 bits per heavy atom. The van der Waals surface area contributed by atoms with Gasteiger partial charge in [0.15, 0.2) is 0 Å². The lowest BCUT2D eigenvalue weighted by Gasteiger charge is -2.34. The molecule has 0 aliphatic carbocycles. The highest BCUT2D eigenvalue weighted by Gasteiger charge is 2.24. The van der Waals surface area contributed by atoms with Crippen LogP contribution in [0.25, 0.3) is 11.0 Å². The fraction of sp³-hybridized carbons (Fsp3) is 0.321. The van der Waals surface area contributed by atoms with Crippen molar-refractivity contribution in [3.05, 3.63) is 72.7 Å². The van der Waals surface area contributed by atoms with Gasteiger partial charge in [-0.25, -0.2) is 14.8 Å². The average Bonchev–Trinajstić information content (AvgIpc) is 3.62. The third-order valence-corrected chi connectivity index (χ3v) is 7.27. The largest absolute Gasteiger partial charge is 0.370 e. The summed E-state index contributed by atoms with van der Waals surface area (Å²) < 4.78 is 0. The number of hydrogen-bond donors (Lipinski definition) is 3. The summed E-state index contributed by atoms with van der Waals surface area (Å²) in [4.78, 5) is 29.7. The van der Waals surface area contributed by atoms with E-state index < -0.39 is 0 Å². The van der Waals surface area contributed by atoms with Crippen LogP contribution in [0.1, 0.15) is 37.2 Å². The standard InChI is InChI=1S/C28H31N7O/c36-28(33-24-10-1-2-11-25(24)34-14-3-4-15-34)32-22-9-5-7-20(17-22)21-8-6-16-35(18-21)27-23-12-13-29-26(23)30-19-31-27/h1-2,5,7,9-13,17,19,21H,3-4,6,8,14-16,18H2,(H,29,30,31)(H2,32,33,36). The number of H-pyrrole nitrogens is 1. The van der Waals surface area contributed by atoms with E-state index in [4.69, 9.17) is 0 Å². The SMILES string of the molecule is O=C(Nc1cccc(C2CCCN(c3ncnc4[nH]ccc34)C2)c1)Nc1ccccc1N1CCCC1. The number of aromatic nitrogens is 3. The van der Waals surface area contributed by atoms with E-state index in [-0.39, 0.29) is 6.03 Å². The van der Waals surface area contributed by atoms with Crippen molar-refractivity contribution in [2.24, 2.45) is 0 Å². The van der Waals surface area contributed by atoms with Gasteiger partial charge in [0.05, 0.1) is 16.8 Å². The molecule has 0 saturated carbocycles. The molecule has 2 saturated heterocycles. The van der Waals surface area contributed by atoms with Crippen molar-refractivity contribution in [3.8, 4) is 0 Å². The van der Waals surface area contributed by atoms with Crippen molar-refractivity contribution in [2.75, 3.05) is 46.6 Å². The number of anilines is 4. The second-order valence-corrected chi connectivity index (χ2v) is 9.64. The molecule has 0 radical (unpaired) electrons. The Hall–Kier alpha value is -4.07. The van der Waals surface area contributed by atoms with Crippen LogP contribution >= 0.6 is 0 Å². The number of rotatable bonds is 5. The number of carbonyl (C=O) groups excluding carboxylic acids is 1. The lowest BCUT2D eigenvalue weighted by Crippen LogP contribution is -2.35. The second kappa shape index (κ2) is 9.89. The normalized spacial score (nSPS) is 17.9. The van der Waals surface area contributed by atoms with Crippen molar-refractivity contribution >= 4 is 39.9 Å². The summed E-state index contributed by atoms with van der Waals surface area (Å²) in [6.07, 6.45) is 8.12. The maximum Gasteiger partial charge on any atom is 0.323 e. The number of benzene rings is 2. The number of nitrogens with zero attached hydrogens (tertiary/aromatic N) is 4. The van der Waals surface area contributed by atoms with E-state index >= 15 is 0 Å². The fourth-order valence-electron chi connectivity index (χ4n) is 5.52. The van der Waals surface area contributed by atoms with Crippen molar-refractivity contribution in [1.82, 2.24) is 15.0 Å². The number of nitrogens with one attached hydrogen (secondary N) is 3. The van der Waals surface area contributed by atoms with E-state index in [0.29, 0.717) is 5.92 Å². The molecule has 184 valence electrons. The minimum absolute atomic E-state index is 0.222. The Morgan fingerprint density at radius 1 is 0.917 bits per heavy atom. The summed E-state index contributed by atoms with van der Waals surface area (Å²) in [7, 11) is 0. The van der Waals surface area contributed by atoms with Crippen LogP contribution in [0.5, 0.6) is 0 Å². The summed E-state index contributed by atoms with van der Waals surface area (Å²) in [6.45, 7) is 3.93. The van der Waals surface area contributed by atoms with Gasteiger partial charge in [0, 0.05) is 44.0 Å². The molecule has 2 aromatic heterocycles. The van der Waals surface area contributed by atoms with Gasteiger partial charge >= 0.3 is 6.03 Å². The van der Waals surface area contributed by atoms with Gasteiger partial charge in [-0.2, -0.15) is 0 Å². The molecule has 4 aromatic rings. The van der Waals surface area contributed by atoms with Gasteiger partial charge < -0.3 is 25.4 Å². The van der Waals surface area contributed by atoms with Crippen LogP contribution in [0.4, 0.5) is 27.7 Å². The fourth-order valence-corrected chi connectivity index (χ4v) is 5.52. The zero-order valence-electron chi connectivity index (χ0n) is 20.3. The van der Waals surface area contributed by atoms with E-state index in [1.807, 2.05) is 42.6 Å². The first-order chi connectivity index (χ1) is 17.7. The summed E-state index contributed by atoms with van der Waals surface area (Å²) in [5, 5.41) is 7.16. The van der Waals surface area contributed by atoms with Gasteiger partial charge in [-0.1, -0.05) is 24.3 Å². The molecule has 1 unspecified atom stereocenters. The van der Waals surface area contributed by atoms with Crippen LogP contribution in [0.3, 0.4) is 0 Å². The number of amides is 2. The molecule has 2 amide bonds. The highest BCUT2D eigenvalue weighted by molar-refractivity contribution is 6.02. The van der Waals surface area contributed by atoms with Gasteiger partial charge in [0.1, 0.15) is 17.8 Å². The molecule has 36 heavy (non-hydrogen) atoms. The first-order valence-electron chi connectivity index (χ1n) is 12.8. The maximum absolute atomic E-state index is 12.9. The smallest absolute Gasteiger partial charge is 0.323 e. The number of aromatic amines is 1. The van der Waals surface area contributed by atoms with E-state index in [2.05, 4.69) is 53.6 Å². The van der Waals surface area contributed by atoms with Crippen molar-refractivity contribution in [3.63, 3.8) is 0 Å². The molecule has 0 bridgehead atoms. The molecule has 1 atom stereocenters. The van der Waals surface area contributed by atoms with Crippen molar-refractivity contribution in [1.29, 1.82) is 0 Å². The average molecular weight is 482 g/mol. The third kappa shape index (κ3) is 4.58. The first-order valence-corrected chi connectivity index (χ1v) is 12.8. The molecular formula is C28H31N7O. The predicted octanol–water partition coefficient (Wildman–Crippen LogP) is 5.59. The molecule has 4 heterocycles. The monoisotopic (exact) mass is 481 g/mol. The van der Waals surface area contributed by atoms with Crippen LogP contribution in [-0.2, 0) is 0 Å². The molecule has 8 heteroatoms. The lowest BCUT2D eigenvalue weighted by atomic mass is 9.90. The first kappa shape index (κ1) is 22.4. The van der Waals surface area contributed by atoms with E-state index in [1.165, 1.54) is 18.4 Å². The Morgan fingerprint density at radius 3 is 2.69 bits per heavy atom. The molecule has 2 aromatic carbocycles. The third-order valence-electron chi connectivity index (χ3n) is 7.27. The van der Waals surface area contributed by atoms with Gasteiger partial charge in [-0.15, -0.1) is 0 Å². The van der Waals surface area contributed by atoms with Gasteiger partial charge in [-0.05, 0) is 61.6 Å². The number of fused-ring (bicyclic) bond motifs is 1. The van der Waals surface area contributed by atoms with Crippen LogP contribution in [0.15, 0.2) is 67.1 Å². The predicted molar refractivity (Wildman–Crippen MR) is 145 cm³/mol. The maximum atomic E-state index is 12.9. The quantitative estimate of drug-likeness (QED) is 0.346. The van der Waals surface area contributed by atoms with Gasteiger partial charge in [0.25, 0.3) is 0 Å². The highest BCUT2D eigenvalue weighted by Crippen LogP contribution is 2.33. The number of urea groups is 1. The zero-order chi connectivity index (χ0) is 24.3. The van der Waals surface area contributed by atoms with Gasteiger partial charge in [-0.3, -0.25) is 0 Å². The number of carbonyl (C=O) groups is 1. The van der Waals surface area contributed by atoms with Crippen LogP contribution < -0.4 is 20.4 Å². The topological polar surface area (TPSA) is 89.2 Å². The van der Waals surface area contributed by atoms with Gasteiger partial charge in [0.2, 0.25) is 0 Å².